The number of hydrogen-bond acceptors (Lipinski definition) is 3. The summed E-state index contributed by atoms with van der Waals surface area (Å²) in [6, 6.07) is 3.84. The van der Waals surface area contributed by atoms with Crippen molar-refractivity contribution in [1.29, 1.82) is 0 Å². The lowest BCUT2D eigenvalue weighted by atomic mass is 10.2. The molecule has 0 heterocycles. The monoisotopic (exact) mass is 212 g/mol. The van der Waals surface area contributed by atoms with E-state index in [1.165, 1.54) is 12.1 Å². The average molecular weight is 212 g/mol. The Morgan fingerprint density at radius 2 is 2.14 bits per heavy atom. The number of thiocarbonyl (C=S) groups is 1. The molecule has 1 aromatic rings. The molecular formula is C8H8N2O3S. The van der Waals surface area contributed by atoms with Gasteiger partial charge in [0.25, 0.3) is 0 Å². The third kappa shape index (κ3) is 2.33. The molecule has 14 heavy (non-hydrogen) atoms. The van der Waals surface area contributed by atoms with Gasteiger partial charge >= 0.3 is 5.97 Å². The van der Waals surface area contributed by atoms with Crippen molar-refractivity contribution in [2.75, 3.05) is 5.32 Å². The highest BCUT2D eigenvalue weighted by Gasteiger charge is 2.07. The standard InChI is InChI=1S/C8H8N2O3S/c9-8(14)10-5-2-1-4(7(12)13)3-6(5)11/h1-3,11H,(H,12,13)(H3,9,10,14). The van der Waals surface area contributed by atoms with Gasteiger partial charge in [-0.05, 0) is 30.4 Å². The normalized spacial score (nSPS) is 9.43. The summed E-state index contributed by atoms with van der Waals surface area (Å²) >= 11 is 4.56. The number of carbonyl (C=O) groups is 1. The van der Waals surface area contributed by atoms with Crippen molar-refractivity contribution in [1.82, 2.24) is 0 Å². The molecule has 0 saturated carbocycles. The second-order valence-electron chi connectivity index (χ2n) is 2.53. The van der Waals surface area contributed by atoms with Gasteiger partial charge < -0.3 is 21.3 Å². The third-order valence-corrected chi connectivity index (χ3v) is 1.60. The SMILES string of the molecule is NC(=S)Nc1ccc(C(=O)O)cc1O. The largest absolute Gasteiger partial charge is 0.506 e. The first-order valence-corrected chi connectivity index (χ1v) is 4.04. The maximum Gasteiger partial charge on any atom is 0.335 e. The van der Waals surface area contributed by atoms with Crippen LogP contribution < -0.4 is 11.1 Å². The summed E-state index contributed by atoms with van der Waals surface area (Å²) in [6.07, 6.45) is 0. The highest BCUT2D eigenvalue weighted by atomic mass is 32.1. The van der Waals surface area contributed by atoms with Gasteiger partial charge in [-0.25, -0.2) is 4.79 Å². The minimum absolute atomic E-state index is 0.00313. The number of benzene rings is 1. The number of phenolic OH excluding ortho intramolecular Hbond substituents is 1. The minimum atomic E-state index is -1.11. The number of rotatable bonds is 2. The number of anilines is 1. The fourth-order valence-electron chi connectivity index (χ4n) is 0.903. The molecule has 0 atom stereocenters. The van der Waals surface area contributed by atoms with Crippen molar-refractivity contribution < 1.29 is 15.0 Å². The number of aromatic hydroxyl groups is 1. The van der Waals surface area contributed by atoms with E-state index in [0.717, 1.165) is 6.07 Å². The number of nitrogens with two attached hydrogens (primary N) is 1. The molecule has 0 radical (unpaired) electrons. The average Bonchev–Trinajstić information content (AvgIpc) is 2.07. The topological polar surface area (TPSA) is 95.6 Å². The Bertz CT molecular complexity index is 392. The predicted octanol–water partition coefficient (Wildman–Crippen LogP) is 0.746. The molecule has 0 spiro atoms. The van der Waals surface area contributed by atoms with Crippen molar-refractivity contribution in [3.8, 4) is 5.75 Å². The number of carboxylic acid groups (broad SMARTS) is 1. The lowest BCUT2D eigenvalue weighted by molar-refractivity contribution is 0.0696. The molecular weight excluding hydrogens is 204 g/mol. The van der Waals surface area contributed by atoms with Crippen molar-refractivity contribution in [3.05, 3.63) is 23.8 Å². The van der Waals surface area contributed by atoms with E-state index in [1.807, 2.05) is 0 Å². The number of carboxylic acids is 1. The van der Waals surface area contributed by atoms with E-state index >= 15 is 0 Å². The van der Waals surface area contributed by atoms with E-state index in [2.05, 4.69) is 17.5 Å². The molecule has 74 valence electrons. The Labute approximate surface area is 85.2 Å². The van der Waals surface area contributed by atoms with E-state index < -0.39 is 5.97 Å². The van der Waals surface area contributed by atoms with Gasteiger partial charge in [0.2, 0.25) is 0 Å². The van der Waals surface area contributed by atoms with Crippen LogP contribution in [0.3, 0.4) is 0 Å². The van der Waals surface area contributed by atoms with Crippen LogP contribution in [0, 0.1) is 0 Å². The van der Waals surface area contributed by atoms with Gasteiger partial charge in [0.05, 0.1) is 11.3 Å². The molecule has 5 N–H and O–H groups in total. The molecule has 0 aliphatic carbocycles. The Balaban J connectivity index is 3.01. The van der Waals surface area contributed by atoms with Crippen LogP contribution >= 0.6 is 12.2 Å². The quantitative estimate of drug-likeness (QED) is 0.426. The summed E-state index contributed by atoms with van der Waals surface area (Å²) in [5, 5.41) is 20.5. The van der Waals surface area contributed by atoms with Crippen molar-refractivity contribution in [2.45, 2.75) is 0 Å². The Morgan fingerprint density at radius 1 is 1.50 bits per heavy atom. The highest BCUT2D eigenvalue weighted by Crippen LogP contribution is 2.23. The Morgan fingerprint density at radius 3 is 2.57 bits per heavy atom. The van der Waals surface area contributed by atoms with Gasteiger partial charge in [0, 0.05) is 0 Å². The van der Waals surface area contributed by atoms with E-state index in [9.17, 15) is 9.90 Å². The van der Waals surface area contributed by atoms with Crippen LogP contribution in [0.15, 0.2) is 18.2 Å². The molecule has 1 rings (SSSR count). The summed E-state index contributed by atoms with van der Waals surface area (Å²) in [4.78, 5) is 10.5. The lowest BCUT2D eigenvalue weighted by Crippen LogP contribution is -2.19. The first-order chi connectivity index (χ1) is 6.50. The summed E-state index contributed by atoms with van der Waals surface area (Å²) in [7, 11) is 0. The second-order valence-corrected chi connectivity index (χ2v) is 2.97. The van der Waals surface area contributed by atoms with E-state index in [1.54, 1.807) is 0 Å². The number of aromatic carboxylic acids is 1. The maximum absolute atomic E-state index is 10.5. The Kier molecular flexibility index (Phi) is 2.88. The molecule has 0 aliphatic heterocycles. The van der Waals surface area contributed by atoms with E-state index in [4.69, 9.17) is 10.8 Å². The van der Waals surface area contributed by atoms with Crippen LogP contribution in [0.2, 0.25) is 0 Å². The summed E-state index contributed by atoms with van der Waals surface area (Å²) < 4.78 is 0. The molecule has 0 aromatic heterocycles. The van der Waals surface area contributed by atoms with Crippen LogP contribution in [0.25, 0.3) is 0 Å². The first-order valence-electron chi connectivity index (χ1n) is 3.63. The fraction of sp³-hybridized carbons (Fsp3) is 0. The zero-order chi connectivity index (χ0) is 10.7. The van der Waals surface area contributed by atoms with Gasteiger partial charge in [-0.3, -0.25) is 0 Å². The van der Waals surface area contributed by atoms with Crippen molar-refractivity contribution >= 4 is 29.0 Å². The molecule has 6 heteroatoms. The summed E-state index contributed by atoms with van der Waals surface area (Å²) in [5.74, 6) is -1.32. The third-order valence-electron chi connectivity index (χ3n) is 1.50. The van der Waals surface area contributed by atoms with Crippen LogP contribution in [0.4, 0.5) is 5.69 Å². The molecule has 0 fully saturated rings. The zero-order valence-electron chi connectivity index (χ0n) is 7.02. The number of nitrogens with one attached hydrogen (secondary N) is 1. The molecule has 0 amide bonds. The summed E-state index contributed by atoms with van der Waals surface area (Å²) in [5.41, 5.74) is 5.46. The molecule has 1 aromatic carbocycles. The van der Waals surface area contributed by atoms with E-state index in [0.29, 0.717) is 0 Å². The highest BCUT2D eigenvalue weighted by molar-refractivity contribution is 7.80. The van der Waals surface area contributed by atoms with Gasteiger partial charge in [0.1, 0.15) is 5.75 Å². The molecule has 0 aliphatic rings. The smallest absolute Gasteiger partial charge is 0.335 e. The first kappa shape index (κ1) is 10.3. The summed E-state index contributed by atoms with van der Waals surface area (Å²) in [6.45, 7) is 0. The van der Waals surface area contributed by atoms with Crippen LogP contribution in [-0.4, -0.2) is 21.3 Å². The van der Waals surface area contributed by atoms with Gasteiger partial charge in [-0.2, -0.15) is 0 Å². The van der Waals surface area contributed by atoms with Gasteiger partial charge in [-0.1, -0.05) is 0 Å². The van der Waals surface area contributed by atoms with Crippen molar-refractivity contribution in [2.24, 2.45) is 5.73 Å². The van der Waals surface area contributed by atoms with Crippen LogP contribution in [0.5, 0.6) is 5.75 Å². The number of phenols is 1. The maximum atomic E-state index is 10.5. The second kappa shape index (κ2) is 3.93. The van der Waals surface area contributed by atoms with Gasteiger partial charge in [-0.15, -0.1) is 0 Å². The van der Waals surface area contributed by atoms with E-state index in [-0.39, 0.29) is 22.1 Å². The van der Waals surface area contributed by atoms with Gasteiger partial charge in [0.15, 0.2) is 5.11 Å². The molecule has 5 nitrogen and oxygen atoms in total. The molecule has 0 bridgehead atoms. The van der Waals surface area contributed by atoms with Crippen LogP contribution in [0.1, 0.15) is 10.4 Å². The fourth-order valence-corrected chi connectivity index (χ4v) is 1.01. The Hall–Kier alpha value is -1.82. The number of hydrogen-bond donors (Lipinski definition) is 4. The van der Waals surface area contributed by atoms with Crippen LogP contribution in [-0.2, 0) is 0 Å². The van der Waals surface area contributed by atoms with Crippen molar-refractivity contribution in [3.63, 3.8) is 0 Å². The zero-order valence-corrected chi connectivity index (χ0v) is 7.84. The molecule has 0 unspecified atom stereocenters. The lowest BCUT2D eigenvalue weighted by Gasteiger charge is -2.06. The predicted molar refractivity (Wildman–Crippen MR) is 55.5 cm³/mol. The molecule has 0 saturated heterocycles. The minimum Gasteiger partial charge on any atom is -0.506 e.